The molecule has 0 amide bonds. The molecule has 2 rings (SSSR count). The van der Waals surface area contributed by atoms with Gasteiger partial charge in [0.2, 0.25) is 0 Å². The summed E-state index contributed by atoms with van der Waals surface area (Å²) in [5, 5.41) is 0. The van der Waals surface area contributed by atoms with Gasteiger partial charge in [-0.05, 0) is 69.0 Å². The van der Waals surface area contributed by atoms with Crippen molar-refractivity contribution in [1.82, 2.24) is 4.90 Å². The summed E-state index contributed by atoms with van der Waals surface area (Å²) in [7, 11) is 4.16. The van der Waals surface area contributed by atoms with Gasteiger partial charge in [-0.2, -0.15) is 0 Å². The number of benzene rings is 1. The van der Waals surface area contributed by atoms with E-state index in [2.05, 4.69) is 45.0 Å². The number of carbonyl (C=O) groups excluding carboxylic acids is 1. The molecule has 0 saturated heterocycles. The maximum atomic E-state index is 11.5. The highest BCUT2D eigenvalue weighted by Crippen LogP contribution is 2.36. The Morgan fingerprint density at radius 1 is 1.28 bits per heavy atom. The Kier molecular flexibility index (Phi) is 3.86. The van der Waals surface area contributed by atoms with Crippen LogP contribution >= 0.6 is 0 Å². The van der Waals surface area contributed by atoms with E-state index in [9.17, 15) is 4.79 Å². The molecule has 0 heterocycles. The van der Waals surface area contributed by atoms with Crippen molar-refractivity contribution >= 4 is 6.29 Å². The van der Waals surface area contributed by atoms with E-state index in [-0.39, 0.29) is 5.92 Å². The zero-order valence-electron chi connectivity index (χ0n) is 11.9. The monoisotopic (exact) mass is 245 g/mol. The van der Waals surface area contributed by atoms with Crippen LogP contribution in [0.1, 0.15) is 34.6 Å². The van der Waals surface area contributed by atoms with Gasteiger partial charge >= 0.3 is 0 Å². The van der Waals surface area contributed by atoms with Crippen LogP contribution in [0, 0.1) is 19.8 Å². The van der Waals surface area contributed by atoms with Crippen LogP contribution in [-0.4, -0.2) is 31.8 Å². The molecule has 2 unspecified atom stereocenters. The molecule has 2 atom stereocenters. The van der Waals surface area contributed by atoms with Crippen molar-refractivity contribution in [3.63, 3.8) is 0 Å². The molecule has 0 aromatic heterocycles. The highest BCUT2D eigenvalue weighted by molar-refractivity contribution is 5.65. The first-order chi connectivity index (χ1) is 8.52. The van der Waals surface area contributed by atoms with E-state index in [1.54, 1.807) is 0 Å². The second-order valence-corrected chi connectivity index (χ2v) is 5.86. The van der Waals surface area contributed by atoms with Crippen molar-refractivity contribution in [1.29, 1.82) is 0 Å². The largest absolute Gasteiger partial charge is 0.309 e. The van der Waals surface area contributed by atoms with Gasteiger partial charge in [0.15, 0.2) is 0 Å². The molecule has 0 aliphatic heterocycles. The van der Waals surface area contributed by atoms with E-state index in [0.29, 0.717) is 5.92 Å². The predicted molar refractivity (Wildman–Crippen MR) is 75.1 cm³/mol. The molecule has 0 bridgehead atoms. The highest BCUT2D eigenvalue weighted by atomic mass is 16.1. The molecule has 98 valence electrons. The number of nitrogens with zero attached hydrogens (tertiary/aromatic N) is 1. The van der Waals surface area contributed by atoms with Gasteiger partial charge in [0.05, 0.1) is 0 Å². The number of aldehydes is 1. The van der Waals surface area contributed by atoms with Crippen molar-refractivity contribution < 1.29 is 4.79 Å². The Bertz CT molecular complexity index is 451. The third kappa shape index (κ3) is 2.49. The Morgan fingerprint density at radius 3 is 2.56 bits per heavy atom. The molecule has 0 radical (unpaired) electrons. The molecule has 0 N–H and O–H groups in total. The van der Waals surface area contributed by atoms with Crippen molar-refractivity contribution in [3.8, 4) is 0 Å². The van der Waals surface area contributed by atoms with E-state index in [0.717, 1.165) is 25.7 Å². The lowest BCUT2D eigenvalue weighted by Gasteiger charge is -2.32. The molecule has 0 fully saturated rings. The molecule has 2 nitrogen and oxygen atoms in total. The molecular weight excluding hydrogens is 222 g/mol. The molecular formula is C16H23NO. The first-order valence-corrected chi connectivity index (χ1v) is 6.73. The first kappa shape index (κ1) is 13.3. The van der Waals surface area contributed by atoms with E-state index in [4.69, 9.17) is 0 Å². The summed E-state index contributed by atoms with van der Waals surface area (Å²) in [5.74, 6) is 0.544. The van der Waals surface area contributed by atoms with Gasteiger partial charge in [-0.1, -0.05) is 12.1 Å². The number of hydrogen-bond donors (Lipinski definition) is 0. The number of fused-ring (bicyclic) bond motifs is 1. The van der Waals surface area contributed by atoms with Crippen molar-refractivity contribution in [2.45, 2.75) is 32.6 Å². The van der Waals surface area contributed by atoms with Gasteiger partial charge in [-0.25, -0.2) is 0 Å². The lowest BCUT2D eigenvalue weighted by molar-refractivity contribution is -0.110. The summed E-state index contributed by atoms with van der Waals surface area (Å²) in [5.41, 5.74) is 5.28. The molecule has 2 heteroatoms. The van der Waals surface area contributed by atoms with Gasteiger partial charge in [0.25, 0.3) is 0 Å². The van der Waals surface area contributed by atoms with Gasteiger partial charge in [0.1, 0.15) is 6.29 Å². The lowest BCUT2D eigenvalue weighted by atomic mass is 9.74. The van der Waals surface area contributed by atoms with Crippen molar-refractivity contribution in [2.24, 2.45) is 5.92 Å². The molecule has 1 aromatic rings. The van der Waals surface area contributed by atoms with E-state index >= 15 is 0 Å². The summed E-state index contributed by atoms with van der Waals surface area (Å²) < 4.78 is 0. The van der Waals surface area contributed by atoms with E-state index in [1.165, 1.54) is 22.3 Å². The van der Waals surface area contributed by atoms with Crippen LogP contribution < -0.4 is 0 Å². The standard InChI is InChI=1S/C16H23NO/c1-11-7-13-5-6-14(9-17(3)4)16(10-18)15(13)8-12(11)2/h7-8,10,14,16H,5-6,9H2,1-4H3. The Morgan fingerprint density at radius 2 is 1.94 bits per heavy atom. The summed E-state index contributed by atoms with van der Waals surface area (Å²) in [6.45, 7) is 5.28. The van der Waals surface area contributed by atoms with Gasteiger partial charge in [-0.3, -0.25) is 0 Å². The average molecular weight is 245 g/mol. The van der Waals surface area contributed by atoms with Crippen LogP contribution in [-0.2, 0) is 11.2 Å². The summed E-state index contributed by atoms with van der Waals surface area (Å²) in [6.07, 6.45) is 3.39. The minimum absolute atomic E-state index is 0.0791. The number of aryl methyl sites for hydroxylation is 3. The summed E-state index contributed by atoms with van der Waals surface area (Å²) >= 11 is 0. The quantitative estimate of drug-likeness (QED) is 0.763. The molecule has 1 aromatic carbocycles. The van der Waals surface area contributed by atoms with Crippen molar-refractivity contribution in [3.05, 3.63) is 34.4 Å². The molecule has 0 spiro atoms. The summed E-state index contributed by atoms with van der Waals surface area (Å²) in [6, 6.07) is 4.50. The maximum Gasteiger partial charge on any atom is 0.127 e. The van der Waals surface area contributed by atoms with Gasteiger partial charge < -0.3 is 9.69 Å². The summed E-state index contributed by atoms with van der Waals surface area (Å²) in [4.78, 5) is 13.7. The Balaban J connectivity index is 2.36. The minimum Gasteiger partial charge on any atom is -0.309 e. The fourth-order valence-corrected chi connectivity index (χ4v) is 3.06. The molecule has 18 heavy (non-hydrogen) atoms. The van der Waals surface area contributed by atoms with Crippen LogP contribution in [0.25, 0.3) is 0 Å². The van der Waals surface area contributed by atoms with Gasteiger partial charge in [0, 0.05) is 12.5 Å². The van der Waals surface area contributed by atoms with Crippen molar-refractivity contribution in [2.75, 3.05) is 20.6 Å². The topological polar surface area (TPSA) is 20.3 Å². The molecule has 1 aliphatic carbocycles. The third-order valence-electron chi connectivity index (χ3n) is 4.15. The smallest absolute Gasteiger partial charge is 0.127 e. The molecule has 0 saturated carbocycles. The minimum atomic E-state index is 0.0791. The fourth-order valence-electron chi connectivity index (χ4n) is 3.06. The third-order valence-corrected chi connectivity index (χ3v) is 4.15. The second-order valence-electron chi connectivity index (χ2n) is 5.86. The number of carbonyl (C=O) groups is 1. The number of rotatable bonds is 3. The first-order valence-electron chi connectivity index (χ1n) is 6.73. The maximum absolute atomic E-state index is 11.5. The SMILES string of the molecule is Cc1cc2c(cc1C)C(C=O)C(CN(C)C)CC2. The van der Waals surface area contributed by atoms with Gasteiger partial charge in [-0.15, -0.1) is 0 Å². The van der Waals surface area contributed by atoms with E-state index in [1.807, 2.05) is 0 Å². The van der Waals surface area contributed by atoms with Crippen LogP contribution in [0.5, 0.6) is 0 Å². The van der Waals surface area contributed by atoms with Crippen LogP contribution in [0.3, 0.4) is 0 Å². The Hall–Kier alpha value is -1.15. The average Bonchev–Trinajstić information content (AvgIpc) is 2.30. The van der Waals surface area contributed by atoms with Crippen LogP contribution in [0.4, 0.5) is 0 Å². The molecule has 1 aliphatic rings. The van der Waals surface area contributed by atoms with Crippen LogP contribution in [0.2, 0.25) is 0 Å². The number of hydrogen-bond acceptors (Lipinski definition) is 2. The predicted octanol–water partition coefficient (Wildman–Crippen LogP) is 2.71. The zero-order valence-corrected chi connectivity index (χ0v) is 11.9. The van der Waals surface area contributed by atoms with Crippen LogP contribution in [0.15, 0.2) is 12.1 Å². The second kappa shape index (κ2) is 5.23. The van der Waals surface area contributed by atoms with E-state index < -0.39 is 0 Å². The lowest BCUT2D eigenvalue weighted by Crippen LogP contribution is -2.31. The highest BCUT2D eigenvalue weighted by Gasteiger charge is 2.29. The fraction of sp³-hybridized carbons (Fsp3) is 0.562. The zero-order chi connectivity index (χ0) is 13.3. The Labute approximate surface area is 110 Å². The normalized spacial score (nSPS) is 22.9.